The Labute approximate surface area is 185 Å². The average molecular weight is 463 g/mol. The molecule has 8 nitrogen and oxygen atoms in total. The largest absolute Gasteiger partial charge is 0.491 e. The zero-order valence-corrected chi connectivity index (χ0v) is 18.9. The summed E-state index contributed by atoms with van der Waals surface area (Å²) in [7, 11) is 4.32. The maximum atomic E-state index is 11.7. The molecular weight excluding hydrogens is 432 g/mol. The summed E-state index contributed by atoms with van der Waals surface area (Å²) in [5.41, 5.74) is 0. The van der Waals surface area contributed by atoms with E-state index < -0.39 is 18.2 Å². The van der Waals surface area contributed by atoms with Crippen LogP contribution in [0.2, 0.25) is 0 Å². The van der Waals surface area contributed by atoms with Gasteiger partial charge in [0.25, 0.3) is 0 Å². The first kappa shape index (κ1) is 26.4. The van der Waals surface area contributed by atoms with E-state index >= 15 is 0 Å². The Morgan fingerprint density at radius 2 is 1.50 bits per heavy atom. The van der Waals surface area contributed by atoms with Crippen molar-refractivity contribution in [3.05, 3.63) is 24.3 Å². The predicted octanol–water partition coefficient (Wildman–Crippen LogP) is 2.45. The van der Waals surface area contributed by atoms with Crippen molar-refractivity contribution in [3.63, 3.8) is 0 Å². The molecule has 10 heteroatoms. The fourth-order valence-corrected chi connectivity index (χ4v) is 3.88. The van der Waals surface area contributed by atoms with Gasteiger partial charge in [-0.1, -0.05) is 34.6 Å². The second kappa shape index (κ2) is 16.1. The van der Waals surface area contributed by atoms with Gasteiger partial charge in [0, 0.05) is 17.6 Å². The third-order valence-corrected chi connectivity index (χ3v) is 6.10. The Morgan fingerprint density at radius 1 is 0.933 bits per heavy atom. The average Bonchev–Trinajstić information content (AvgIpc) is 2.76. The third-order valence-electron chi connectivity index (χ3n) is 3.69. The minimum absolute atomic E-state index is 0.0353. The van der Waals surface area contributed by atoms with E-state index in [2.05, 4.69) is 4.74 Å². The highest BCUT2D eigenvalue weighted by atomic mass is 33.1. The van der Waals surface area contributed by atoms with Crippen molar-refractivity contribution in [2.24, 2.45) is 0 Å². The molecule has 2 atom stereocenters. The molecule has 0 aliphatic heterocycles. The summed E-state index contributed by atoms with van der Waals surface area (Å²) in [6.45, 7) is 1.87. The summed E-state index contributed by atoms with van der Waals surface area (Å²) in [5.74, 6) is 1.57. The molecule has 0 saturated heterocycles. The molecule has 30 heavy (non-hydrogen) atoms. The van der Waals surface area contributed by atoms with E-state index in [-0.39, 0.29) is 32.2 Å². The Bertz CT molecular complexity index is 629. The number of methoxy groups -OCH3 is 1. The van der Waals surface area contributed by atoms with Gasteiger partial charge in [0.2, 0.25) is 0 Å². The summed E-state index contributed by atoms with van der Waals surface area (Å²) in [6, 6.07) is 6.88. The molecule has 0 heterocycles. The van der Waals surface area contributed by atoms with Crippen molar-refractivity contribution < 1.29 is 38.7 Å². The van der Waals surface area contributed by atoms with Crippen molar-refractivity contribution in [2.75, 3.05) is 38.4 Å². The van der Waals surface area contributed by atoms with Crippen LogP contribution in [-0.4, -0.2) is 72.8 Å². The molecule has 0 aliphatic carbocycles. The highest BCUT2D eigenvalue weighted by molar-refractivity contribution is 8.76. The topological polar surface area (TPSA) is 112 Å². The first-order valence-electron chi connectivity index (χ1n) is 9.63. The minimum atomic E-state index is -0.956. The molecule has 1 aromatic rings. The van der Waals surface area contributed by atoms with Gasteiger partial charge < -0.3 is 29.2 Å². The van der Waals surface area contributed by atoms with Crippen LogP contribution < -0.4 is 9.47 Å². The molecule has 0 bridgehead atoms. The lowest BCUT2D eigenvalue weighted by Gasteiger charge is -2.14. The number of esters is 2. The first-order chi connectivity index (χ1) is 14.4. The zero-order chi connectivity index (χ0) is 22.2. The molecule has 0 fully saturated rings. The van der Waals surface area contributed by atoms with Gasteiger partial charge in [0.05, 0.1) is 26.1 Å². The van der Waals surface area contributed by atoms with E-state index in [1.54, 1.807) is 24.3 Å². The summed E-state index contributed by atoms with van der Waals surface area (Å²) in [6.07, 6.45) is -0.327. The molecule has 1 aromatic carbocycles. The second-order valence-corrected chi connectivity index (χ2v) is 8.92. The van der Waals surface area contributed by atoms with Gasteiger partial charge in [0.1, 0.15) is 37.4 Å². The number of carbonyl (C=O) groups excluding carboxylic acids is 2. The van der Waals surface area contributed by atoms with Gasteiger partial charge in [-0.15, -0.1) is 0 Å². The normalized spacial score (nSPS) is 12.7. The smallest absolute Gasteiger partial charge is 0.306 e. The Hall–Kier alpha value is -1.62. The quantitative estimate of drug-likeness (QED) is 0.216. The van der Waals surface area contributed by atoms with Crippen molar-refractivity contribution in [3.8, 4) is 11.5 Å². The summed E-state index contributed by atoms with van der Waals surface area (Å²) < 4.78 is 20.6. The maximum absolute atomic E-state index is 11.7. The Balaban J connectivity index is 2.15. The fraction of sp³-hybridized carbons (Fsp3) is 0.600. The molecule has 0 radical (unpaired) electrons. The van der Waals surface area contributed by atoms with Crippen molar-refractivity contribution in [1.29, 1.82) is 0 Å². The van der Waals surface area contributed by atoms with Gasteiger partial charge >= 0.3 is 11.9 Å². The molecule has 2 N–H and O–H groups in total. The van der Waals surface area contributed by atoms with Gasteiger partial charge in [-0.25, -0.2) is 0 Å². The molecule has 1 rings (SSSR count). The standard InChI is InChI=1S/C20H30O8S2/c1-3-15(21)12-26-17-5-4-6-18(11-17)27-13-16(22)14-28-20(24)8-10-30-29-9-7-19(23)25-2/h4-6,11,15-16,21-22H,3,7-10,12-14H2,1-2H3. The monoisotopic (exact) mass is 462 g/mol. The zero-order valence-electron chi connectivity index (χ0n) is 17.3. The van der Waals surface area contributed by atoms with E-state index in [0.29, 0.717) is 35.8 Å². The first-order valence-corrected chi connectivity index (χ1v) is 12.1. The lowest BCUT2D eigenvalue weighted by Crippen LogP contribution is -2.25. The van der Waals surface area contributed by atoms with Crippen LogP contribution in [-0.2, 0) is 19.1 Å². The van der Waals surface area contributed by atoms with Crippen LogP contribution in [0.25, 0.3) is 0 Å². The second-order valence-electron chi connectivity index (χ2n) is 6.22. The maximum Gasteiger partial charge on any atom is 0.306 e. The lowest BCUT2D eigenvalue weighted by atomic mass is 10.3. The molecule has 170 valence electrons. The molecule has 0 spiro atoms. The van der Waals surface area contributed by atoms with Gasteiger partial charge in [-0.3, -0.25) is 9.59 Å². The van der Waals surface area contributed by atoms with Crippen LogP contribution in [0.4, 0.5) is 0 Å². The highest BCUT2D eigenvalue weighted by Gasteiger charge is 2.11. The van der Waals surface area contributed by atoms with Crippen molar-refractivity contribution in [1.82, 2.24) is 0 Å². The van der Waals surface area contributed by atoms with Crippen LogP contribution in [0.5, 0.6) is 11.5 Å². The van der Waals surface area contributed by atoms with E-state index in [9.17, 15) is 19.8 Å². The Kier molecular flexibility index (Phi) is 14.2. The number of carbonyl (C=O) groups is 2. The van der Waals surface area contributed by atoms with Gasteiger partial charge in [0.15, 0.2) is 0 Å². The van der Waals surface area contributed by atoms with E-state index in [4.69, 9.17) is 14.2 Å². The molecule has 0 saturated carbocycles. The number of hydrogen-bond donors (Lipinski definition) is 2. The molecule has 0 aliphatic rings. The van der Waals surface area contributed by atoms with Crippen LogP contribution in [0.3, 0.4) is 0 Å². The summed E-state index contributed by atoms with van der Waals surface area (Å²) in [4.78, 5) is 22.7. The van der Waals surface area contributed by atoms with Gasteiger partial charge in [-0.2, -0.15) is 0 Å². The third kappa shape index (κ3) is 12.8. The number of ether oxygens (including phenoxy) is 4. The van der Waals surface area contributed by atoms with E-state index in [1.807, 2.05) is 6.92 Å². The van der Waals surface area contributed by atoms with Crippen LogP contribution in [0.15, 0.2) is 24.3 Å². The number of rotatable bonds is 16. The highest BCUT2D eigenvalue weighted by Crippen LogP contribution is 2.23. The minimum Gasteiger partial charge on any atom is -0.491 e. The predicted molar refractivity (Wildman–Crippen MR) is 117 cm³/mol. The fourth-order valence-electron chi connectivity index (χ4n) is 1.94. The SMILES string of the molecule is CCC(O)COc1cccc(OCC(O)COC(=O)CCSSCCC(=O)OC)c1. The number of aliphatic hydroxyl groups is 2. The molecule has 2 unspecified atom stereocenters. The van der Waals surface area contributed by atoms with Gasteiger partial charge in [-0.05, 0) is 18.6 Å². The number of hydrogen-bond acceptors (Lipinski definition) is 10. The summed E-state index contributed by atoms with van der Waals surface area (Å²) >= 11 is 0. The van der Waals surface area contributed by atoms with E-state index in [0.717, 1.165) is 0 Å². The summed E-state index contributed by atoms with van der Waals surface area (Å²) in [5, 5.41) is 19.5. The number of aliphatic hydroxyl groups excluding tert-OH is 2. The van der Waals surface area contributed by atoms with Crippen molar-refractivity contribution in [2.45, 2.75) is 38.4 Å². The lowest BCUT2D eigenvalue weighted by molar-refractivity contribution is -0.146. The van der Waals surface area contributed by atoms with E-state index in [1.165, 1.54) is 28.7 Å². The molecule has 0 amide bonds. The number of benzene rings is 1. The van der Waals surface area contributed by atoms with Crippen LogP contribution in [0, 0.1) is 0 Å². The Morgan fingerprint density at radius 3 is 2.07 bits per heavy atom. The molecule has 0 aromatic heterocycles. The van der Waals surface area contributed by atoms with Crippen molar-refractivity contribution >= 4 is 33.5 Å². The van der Waals surface area contributed by atoms with Crippen LogP contribution in [0.1, 0.15) is 26.2 Å². The molecular formula is C20H30O8S2. The van der Waals surface area contributed by atoms with Crippen LogP contribution >= 0.6 is 21.6 Å².